The average Bonchev–Trinajstić information content (AvgIpc) is 2.69. The molecule has 0 amide bonds. The summed E-state index contributed by atoms with van der Waals surface area (Å²) in [6, 6.07) is 0. The van der Waals surface area contributed by atoms with Crippen LogP contribution in [0.15, 0.2) is 0 Å². The lowest BCUT2D eigenvalue weighted by molar-refractivity contribution is 0.196. The van der Waals surface area contributed by atoms with Crippen LogP contribution in [0, 0.1) is 0 Å². The van der Waals surface area contributed by atoms with Crippen molar-refractivity contribution in [3.63, 3.8) is 0 Å². The predicted octanol–water partition coefficient (Wildman–Crippen LogP) is 7.36. The largest absolute Gasteiger partial charge is 0.329 e. The summed E-state index contributed by atoms with van der Waals surface area (Å²) in [5.41, 5.74) is 0. The van der Waals surface area contributed by atoms with Crippen molar-refractivity contribution in [3.8, 4) is 0 Å². The van der Waals surface area contributed by atoms with E-state index in [-0.39, 0.29) is 0 Å². The van der Waals surface area contributed by atoms with Gasteiger partial charge in [0.05, 0.1) is 19.8 Å². The van der Waals surface area contributed by atoms with Crippen molar-refractivity contribution in [2.45, 2.75) is 117 Å². The Balaban J connectivity index is 0. The van der Waals surface area contributed by atoms with Crippen LogP contribution < -0.4 is 0 Å². The Morgan fingerprint density at radius 2 is 0.793 bits per heavy atom. The molecule has 0 aliphatic carbocycles. The number of hydrogen-bond acceptors (Lipinski definition) is 6. The van der Waals surface area contributed by atoms with Gasteiger partial charge in [-0.2, -0.15) is 0 Å². The molecule has 0 saturated heterocycles. The molecule has 6 nitrogen and oxygen atoms in total. The van der Waals surface area contributed by atoms with Crippen LogP contribution in [0.4, 0.5) is 0 Å². The zero-order valence-corrected chi connectivity index (χ0v) is 21.0. The van der Waals surface area contributed by atoms with Gasteiger partial charge in [-0.25, -0.2) is 0 Å². The van der Waals surface area contributed by atoms with Crippen molar-refractivity contribution < 1.29 is 28.3 Å². The van der Waals surface area contributed by atoms with Crippen LogP contribution in [-0.2, 0) is 13.6 Å². The van der Waals surface area contributed by atoms with E-state index in [1.807, 2.05) is 0 Å². The van der Waals surface area contributed by atoms with Gasteiger partial charge < -0.3 is 28.3 Å². The molecule has 29 heavy (non-hydrogen) atoms. The van der Waals surface area contributed by atoms with E-state index >= 15 is 0 Å². The minimum absolute atomic E-state index is 0.482. The molecule has 3 N–H and O–H groups in total. The molecule has 0 spiro atoms. The fourth-order valence-corrected chi connectivity index (χ4v) is 3.46. The first-order valence-corrected chi connectivity index (χ1v) is 13.9. The Kier molecular flexibility index (Phi) is 31.4. The Hall–Kier alpha value is 0.620. The summed E-state index contributed by atoms with van der Waals surface area (Å²) >= 11 is 0. The molecule has 0 rings (SSSR count). The van der Waals surface area contributed by atoms with Crippen LogP contribution in [-0.4, -0.2) is 34.5 Å². The van der Waals surface area contributed by atoms with E-state index in [4.69, 9.17) is 28.3 Å². The van der Waals surface area contributed by atoms with Crippen molar-refractivity contribution in [3.05, 3.63) is 0 Å². The minimum Gasteiger partial charge on any atom is -0.328 e. The quantitative estimate of drug-likeness (QED) is 0.123. The first-order chi connectivity index (χ1) is 14.1. The van der Waals surface area contributed by atoms with Gasteiger partial charge in [0, 0.05) is 0 Å². The van der Waals surface area contributed by atoms with Crippen LogP contribution in [0.25, 0.3) is 0 Å². The highest BCUT2D eigenvalue weighted by molar-refractivity contribution is 7.40. The van der Waals surface area contributed by atoms with Crippen LogP contribution in [0.3, 0.4) is 0 Å². The topological polar surface area (TPSA) is 88.4 Å². The van der Waals surface area contributed by atoms with Gasteiger partial charge in [-0.3, -0.25) is 0 Å². The SMILES string of the molecule is CCCCCCCCCCCCCOP(O)O.CCCCOP(O)OCCCC. The standard InChI is InChI=1S/C13H29O3P.C8H19O3P/c1-2-3-4-5-6-7-8-9-10-11-12-13-16-17(14)15;1-3-5-7-10-12(9)11-8-6-4-2/h14-15H,2-13H2,1H3;9H,3-8H2,1-2H3. The highest BCUT2D eigenvalue weighted by Crippen LogP contribution is 2.32. The van der Waals surface area contributed by atoms with E-state index in [2.05, 4.69) is 20.8 Å². The number of unbranched alkanes of at least 4 members (excludes halogenated alkanes) is 12. The van der Waals surface area contributed by atoms with Gasteiger partial charge in [-0.15, -0.1) is 0 Å². The maximum Gasteiger partial charge on any atom is 0.329 e. The Morgan fingerprint density at radius 3 is 1.17 bits per heavy atom. The van der Waals surface area contributed by atoms with Crippen molar-refractivity contribution in [2.75, 3.05) is 19.8 Å². The molecular formula is C21H48O6P2. The van der Waals surface area contributed by atoms with Gasteiger partial charge in [0.1, 0.15) is 0 Å². The molecule has 0 aromatic rings. The highest BCUT2D eigenvalue weighted by Gasteiger charge is 2.04. The molecule has 0 aliphatic heterocycles. The lowest BCUT2D eigenvalue weighted by Gasteiger charge is -2.09. The van der Waals surface area contributed by atoms with E-state index < -0.39 is 17.2 Å². The molecule has 8 heteroatoms. The zero-order valence-electron chi connectivity index (χ0n) is 19.2. The minimum atomic E-state index is -2.14. The van der Waals surface area contributed by atoms with E-state index in [1.54, 1.807) is 0 Å². The third kappa shape index (κ3) is 33.5. The second kappa shape index (κ2) is 28.6. The van der Waals surface area contributed by atoms with Crippen LogP contribution in [0.2, 0.25) is 0 Å². The van der Waals surface area contributed by atoms with Gasteiger partial charge in [-0.05, 0) is 19.3 Å². The summed E-state index contributed by atoms with van der Waals surface area (Å²) in [5.74, 6) is 0. The zero-order chi connectivity index (χ0) is 22.0. The van der Waals surface area contributed by atoms with E-state index in [1.165, 1.54) is 57.8 Å². The molecular weight excluding hydrogens is 410 g/mol. The third-order valence-corrected chi connectivity index (χ3v) is 5.57. The fourth-order valence-electron chi connectivity index (χ4n) is 2.52. The second-order valence-electron chi connectivity index (χ2n) is 7.23. The molecule has 0 unspecified atom stereocenters. The van der Waals surface area contributed by atoms with Gasteiger partial charge in [0.15, 0.2) is 0 Å². The molecule has 0 radical (unpaired) electrons. The first kappa shape index (κ1) is 31.8. The summed E-state index contributed by atoms with van der Waals surface area (Å²) < 4.78 is 14.8. The maximum atomic E-state index is 9.12. The van der Waals surface area contributed by atoms with E-state index in [9.17, 15) is 0 Å². The maximum absolute atomic E-state index is 9.12. The Bertz CT molecular complexity index is 276. The molecule has 0 heterocycles. The van der Waals surface area contributed by atoms with Crippen LogP contribution in [0.1, 0.15) is 117 Å². The normalized spacial score (nSPS) is 11.2. The van der Waals surface area contributed by atoms with E-state index in [0.29, 0.717) is 19.8 Å². The smallest absolute Gasteiger partial charge is 0.328 e. The summed E-state index contributed by atoms with van der Waals surface area (Å²) in [7, 11) is -3.74. The van der Waals surface area contributed by atoms with Crippen LogP contribution in [0.5, 0.6) is 0 Å². The van der Waals surface area contributed by atoms with Gasteiger partial charge in [-0.1, -0.05) is 97.8 Å². The Morgan fingerprint density at radius 1 is 0.448 bits per heavy atom. The molecule has 0 aromatic heterocycles. The molecule has 0 atom stereocenters. The summed E-state index contributed by atoms with van der Waals surface area (Å²) in [5, 5.41) is 0. The van der Waals surface area contributed by atoms with Crippen molar-refractivity contribution in [2.24, 2.45) is 0 Å². The van der Waals surface area contributed by atoms with Crippen molar-refractivity contribution >= 4 is 17.2 Å². The Labute approximate surface area is 182 Å². The molecule has 178 valence electrons. The second-order valence-corrected chi connectivity index (χ2v) is 8.99. The summed E-state index contributed by atoms with van der Waals surface area (Å²) in [6.45, 7) is 8.11. The number of hydrogen-bond donors (Lipinski definition) is 3. The molecule has 0 fully saturated rings. The predicted molar refractivity (Wildman–Crippen MR) is 125 cm³/mol. The van der Waals surface area contributed by atoms with Crippen molar-refractivity contribution in [1.29, 1.82) is 0 Å². The average molecular weight is 459 g/mol. The lowest BCUT2D eigenvalue weighted by Crippen LogP contribution is -1.94. The molecule has 0 bridgehead atoms. The van der Waals surface area contributed by atoms with Crippen LogP contribution >= 0.6 is 17.2 Å². The molecule has 0 aromatic carbocycles. The van der Waals surface area contributed by atoms with Gasteiger partial charge >= 0.3 is 17.2 Å². The lowest BCUT2D eigenvalue weighted by atomic mass is 10.1. The highest BCUT2D eigenvalue weighted by atomic mass is 31.2. The summed E-state index contributed by atoms with van der Waals surface area (Å²) in [6.07, 6.45) is 18.4. The first-order valence-electron chi connectivity index (χ1n) is 11.6. The molecule has 0 saturated carbocycles. The van der Waals surface area contributed by atoms with E-state index in [0.717, 1.165) is 38.5 Å². The van der Waals surface area contributed by atoms with Gasteiger partial charge in [0.2, 0.25) is 0 Å². The third-order valence-electron chi connectivity index (χ3n) is 4.35. The fraction of sp³-hybridized carbons (Fsp3) is 1.00. The van der Waals surface area contributed by atoms with Gasteiger partial charge in [0.25, 0.3) is 0 Å². The number of rotatable bonds is 21. The summed E-state index contributed by atoms with van der Waals surface area (Å²) in [4.78, 5) is 26.1. The van der Waals surface area contributed by atoms with Crippen molar-refractivity contribution in [1.82, 2.24) is 0 Å². The monoisotopic (exact) mass is 458 g/mol. The molecule has 0 aliphatic rings.